The van der Waals surface area contributed by atoms with Crippen LogP contribution in [-0.2, 0) is 13.0 Å². The van der Waals surface area contributed by atoms with E-state index in [1.165, 1.54) is 12.7 Å². The van der Waals surface area contributed by atoms with Crippen LogP contribution in [0.5, 0.6) is 11.5 Å². The van der Waals surface area contributed by atoms with Crippen molar-refractivity contribution in [1.82, 2.24) is 9.55 Å². The molecule has 3 aromatic rings. The molecule has 2 heterocycles. The molecule has 0 saturated carbocycles. The van der Waals surface area contributed by atoms with Crippen LogP contribution in [0.2, 0.25) is 0 Å². The third-order valence-corrected chi connectivity index (χ3v) is 4.70. The second kappa shape index (κ2) is 7.51. The van der Waals surface area contributed by atoms with E-state index in [1.807, 2.05) is 22.2 Å². The number of nitrogens with zero attached hydrogens (tertiary/aromatic N) is 2. The SMILES string of the molecule is COc1ccc(-c2nccn2C[C@@H](CO)Cc2ccsc2)cc1O. The number of phenolic OH excluding ortho intramolecular Hbond substituents is 1. The van der Waals surface area contributed by atoms with Crippen molar-refractivity contribution < 1.29 is 14.9 Å². The number of hydrogen-bond acceptors (Lipinski definition) is 5. The third kappa shape index (κ3) is 3.60. The summed E-state index contributed by atoms with van der Waals surface area (Å²) in [6, 6.07) is 7.32. The molecule has 0 aliphatic carbocycles. The number of ether oxygens (including phenoxy) is 1. The van der Waals surface area contributed by atoms with Crippen LogP contribution in [0.25, 0.3) is 11.4 Å². The van der Waals surface area contributed by atoms with Gasteiger partial charge in [0.1, 0.15) is 5.82 Å². The third-order valence-electron chi connectivity index (χ3n) is 3.97. The van der Waals surface area contributed by atoms with Crippen molar-refractivity contribution in [3.05, 3.63) is 53.0 Å². The van der Waals surface area contributed by atoms with E-state index in [0.29, 0.717) is 12.3 Å². The quantitative estimate of drug-likeness (QED) is 0.691. The minimum atomic E-state index is 0.0848. The largest absolute Gasteiger partial charge is 0.504 e. The van der Waals surface area contributed by atoms with Gasteiger partial charge in [0.25, 0.3) is 0 Å². The summed E-state index contributed by atoms with van der Waals surface area (Å²) in [5.74, 6) is 1.39. The van der Waals surface area contributed by atoms with Crippen molar-refractivity contribution in [3.63, 3.8) is 0 Å². The smallest absolute Gasteiger partial charge is 0.160 e. The first-order valence-electron chi connectivity index (χ1n) is 7.71. The van der Waals surface area contributed by atoms with E-state index >= 15 is 0 Å². The van der Waals surface area contributed by atoms with E-state index < -0.39 is 0 Å². The number of aliphatic hydroxyl groups excluding tert-OH is 1. The van der Waals surface area contributed by atoms with Crippen molar-refractivity contribution in [2.24, 2.45) is 5.92 Å². The van der Waals surface area contributed by atoms with Gasteiger partial charge in [0.2, 0.25) is 0 Å². The highest BCUT2D eigenvalue weighted by molar-refractivity contribution is 7.07. The van der Waals surface area contributed by atoms with Gasteiger partial charge < -0.3 is 19.5 Å². The molecule has 6 heteroatoms. The van der Waals surface area contributed by atoms with E-state index in [9.17, 15) is 10.2 Å². The first-order chi connectivity index (χ1) is 11.7. The van der Waals surface area contributed by atoms with Crippen molar-refractivity contribution in [1.29, 1.82) is 0 Å². The predicted octanol–water partition coefficient (Wildman–Crippen LogP) is 3.18. The molecule has 0 aliphatic rings. The van der Waals surface area contributed by atoms with E-state index in [1.54, 1.807) is 29.7 Å². The lowest BCUT2D eigenvalue weighted by molar-refractivity contribution is 0.210. The summed E-state index contributed by atoms with van der Waals surface area (Å²) in [5, 5.41) is 23.8. The van der Waals surface area contributed by atoms with Crippen LogP contribution in [0.3, 0.4) is 0 Å². The molecule has 126 valence electrons. The zero-order valence-corrected chi connectivity index (χ0v) is 14.2. The highest BCUT2D eigenvalue weighted by atomic mass is 32.1. The number of imidazole rings is 1. The maximum Gasteiger partial charge on any atom is 0.160 e. The van der Waals surface area contributed by atoms with Gasteiger partial charge >= 0.3 is 0 Å². The van der Waals surface area contributed by atoms with Crippen LogP contribution in [0.15, 0.2) is 47.4 Å². The Balaban J connectivity index is 1.80. The Morgan fingerprint density at radius 2 is 2.21 bits per heavy atom. The van der Waals surface area contributed by atoms with Gasteiger partial charge in [-0.15, -0.1) is 0 Å². The molecule has 0 saturated heterocycles. The van der Waals surface area contributed by atoms with Gasteiger partial charge in [-0.05, 0) is 47.0 Å². The summed E-state index contributed by atoms with van der Waals surface area (Å²) in [4.78, 5) is 4.40. The van der Waals surface area contributed by atoms with Crippen molar-refractivity contribution in [2.45, 2.75) is 13.0 Å². The monoisotopic (exact) mass is 344 g/mol. The number of methoxy groups -OCH3 is 1. The Morgan fingerprint density at radius 1 is 1.33 bits per heavy atom. The lowest BCUT2D eigenvalue weighted by Gasteiger charge is -2.16. The van der Waals surface area contributed by atoms with Crippen molar-refractivity contribution >= 4 is 11.3 Å². The molecule has 2 N–H and O–H groups in total. The summed E-state index contributed by atoms with van der Waals surface area (Å²) in [6.07, 6.45) is 4.45. The number of aromatic nitrogens is 2. The minimum Gasteiger partial charge on any atom is -0.504 e. The second-order valence-electron chi connectivity index (χ2n) is 5.67. The fraction of sp³-hybridized carbons (Fsp3) is 0.278. The number of hydrogen-bond donors (Lipinski definition) is 2. The lowest BCUT2D eigenvalue weighted by atomic mass is 10.0. The van der Waals surface area contributed by atoms with Gasteiger partial charge in [-0.1, -0.05) is 0 Å². The van der Waals surface area contributed by atoms with Crippen LogP contribution in [0.4, 0.5) is 0 Å². The average molecular weight is 344 g/mol. The predicted molar refractivity (Wildman–Crippen MR) is 94.5 cm³/mol. The van der Waals surface area contributed by atoms with Gasteiger partial charge in [0, 0.05) is 37.0 Å². The van der Waals surface area contributed by atoms with Crippen LogP contribution < -0.4 is 4.74 Å². The van der Waals surface area contributed by atoms with Crippen molar-refractivity contribution in [2.75, 3.05) is 13.7 Å². The standard InChI is InChI=1S/C18H20N2O3S/c1-23-17-3-2-15(9-16(17)22)18-19-5-6-20(18)10-14(11-21)8-13-4-7-24-12-13/h2-7,9,12,14,21-22H,8,10-11H2,1H3/t14-/m0/s1. The highest BCUT2D eigenvalue weighted by Gasteiger charge is 2.14. The Kier molecular flexibility index (Phi) is 5.17. The zero-order valence-electron chi connectivity index (χ0n) is 13.4. The first-order valence-corrected chi connectivity index (χ1v) is 8.66. The molecular weight excluding hydrogens is 324 g/mol. The Labute approximate surface area is 144 Å². The molecule has 0 aliphatic heterocycles. The fourth-order valence-electron chi connectivity index (χ4n) is 2.75. The summed E-state index contributed by atoms with van der Waals surface area (Å²) >= 11 is 1.66. The summed E-state index contributed by atoms with van der Waals surface area (Å²) in [5.41, 5.74) is 2.05. The number of benzene rings is 1. The fourth-order valence-corrected chi connectivity index (χ4v) is 3.43. The molecule has 1 aromatic carbocycles. The Bertz CT molecular complexity index is 783. The Hall–Kier alpha value is -2.31. The number of aromatic hydroxyl groups is 1. The van der Waals surface area contributed by atoms with E-state index in [2.05, 4.69) is 16.4 Å². The van der Waals surface area contributed by atoms with Gasteiger partial charge in [-0.25, -0.2) is 4.98 Å². The second-order valence-corrected chi connectivity index (χ2v) is 6.45. The lowest BCUT2D eigenvalue weighted by Crippen LogP contribution is -2.17. The Morgan fingerprint density at radius 3 is 2.88 bits per heavy atom. The van der Waals surface area contributed by atoms with Gasteiger partial charge in [0.15, 0.2) is 11.5 Å². The number of aliphatic hydroxyl groups is 1. The van der Waals surface area contributed by atoms with Crippen LogP contribution in [-0.4, -0.2) is 33.5 Å². The maximum absolute atomic E-state index is 9.98. The topological polar surface area (TPSA) is 67.5 Å². The number of phenols is 1. The van der Waals surface area contributed by atoms with Crippen molar-refractivity contribution in [3.8, 4) is 22.9 Å². The van der Waals surface area contributed by atoms with E-state index in [-0.39, 0.29) is 18.3 Å². The van der Waals surface area contributed by atoms with E-state index in [0.717, 1.165) is 17.8 Å². The van der Waals surface area contributed by atoms with Gasteiger partial charge in [-0.3, -0.25) is 0 Å². The van der Waals surface area contributed by atoms with E-state index in [4.69, 9.17) is 4.74 Å². The normalized spacial score (nSPS) is 12.2. The number of thiophene rings is 1. The highest BCUT2D eigenvalue weighted by Crippen LogP contribution is 2.31. The summed E-state index contributed by atoms with van der Waals surface area (Å²) in [7, 11) is 1.52. The summed E-state index contributed by atoms with van der Waals surface area (Å²) < 4.78 is 7.09. The van der Waals surface area contributed by atoms with Crippen LogP contribution in [0.1, 0.15) is 5.56 Å². The molecule has 0 fully saturated rings. The molecule has 0 bridgehead atoms. The maximum atomic E-state index is 9.98. The van der Waals surface area contributed by atoms with Crippen LogP contribution in [0, 0.1) is 5.92 Å². The molecule has 0 spiro atoms. The average Bonchev–Trinajstić information content (AvgIpc) is 3.26. The molecule has 0 amide bonds. The molecule has 0 radical (unpaired) electrons. The molecule has 24 heavy (non-hydrogen) atoms. The van der Waals surface area contributed by atoms with Gasteiger partial charge in [0.05, 0.1) is 7.11 Å². The summed E-state index contributed by atoms with van der Waals surface area (Å²) in [6.45, 7) is 0.774. The molecule has 1 atom stereocenters. The molecule has 2 aromatic heterocycles. The molecule has 3 rings (SSSR count). The molecule has 0 unspecified atom stereocenters. The first kappa shape index (κ1) is 16.5. The molecule has 5 nitrogen and oxygen atoms in total. The van der Waals surface area contributed by atoms with Gasteiger partial charge in [-0.2, -0.15) is 11.3 Å². The number of rotatable bonds is 7. The minimum absolute atomic E-state index is 0.0848. The zero-order chi connectivity index (χ0) is 16.9. The molecular formula is C18H20N2O3S. The van der Waals surface area contributed by atoms with Crippen LogP contribution >= 0.6 is 11.3 Å².